The molecule has 0 aliphatic rings. The summed E-state index contributed by atoms with van der Waals surface area (Å²) in [5.41, 5.74) is 4.79. The van der Waals surface area contributed by atoms with Crippen LogP contribution in [0.4, 0.5) is 5.13 Å². The molecule has 8 heteroatoms. The number of benzene rings is 1. The summed E-state index contributed by atoms with van der Waals surface area (Å²) < 4.78 is 0. The first-order chi connectivity index (χ1) is 13.1. The zero-order chi connectivity index (χ0) is 19.2. The predicted molar refractivity (Wildman–Crippen MR) is 131 cm³/mol. The maximum absolute atomic E-state index is 4.67. The van der Waals surface area contributed by atoms with Crippen LogP contribution in [0.15, 0.2) is 34.6 Å². The largest absolute Gasteiger partial charge is 0.358 e. The molecule has 0 bridgehead atoms. The third-order valence-corrected chi connectivity index (χ3v) is 5.42. The number of halogens is 1. The molecule has 0 saturated heterocycles. The molecule has 3 N–H and O–H groups in total. The van der Waals surface area contributed by atoms with Gasteiger partial charge in [-0.25, -0.2) is 9.98 Å². The number of aliphatic imine (C=N–C) groups is 1. The van der Waals surface area contributed by atoms with Crippen molar-refractivity contribution in [2.75, 3.05) is 32.1 Å². The van der Waals surface area contributed by atoms with Gasteiger partial charge in [-0.1, -0.05) is 18.2 Å². The maximum Gasteiger partial charge on any atom is 0.191 e. The smallest absolute Gasteiger partial charge is 0.191 e. The fourth-order valence-corrected chi connectivity index (χ4v) is 3.79. The van der Waals surface area contributed by atoms with E-state index in [2.05, 4.69) is 69.1 Å². The number of thiazole rings is 1. The molecule has 0 amide bonds. The molecule has 28 heavy (non-hydrogen) atoms. The van der Waals surface area contributed by atoms with E-state index in [0.717, 1.165) is 36.3 Å². The minimum atomic E-state index is 0. The van der Waals surface area contributed by atoms with E-state index in [0.29, 0.717) is 6.54 Å². The Labute approximate surface area is 187 Å². The number of para-hydroxylation sites is 1. The summed E-state index contributed by atoms with van der Waals surface area (Å²) in [5.74, 6) is 0.828. The van der Waals surface area contributed by atoms with Crippen molar-refractivity contribution in [1.82, 2.24) is 20.6 Å². The minimum absolute atomic E-state index is 0. The number of rotatable bonds is 7. The second-order valence-electron chi connectivity index (χ2n) is 6.66. The molecular weight excluding hydrogens is 483 g/mol. The molecule has 0 spiro atoms. The van der Waals surface area contributed by atoms with Crippen molar-refractivity contribution in [3.63, 3.8) is 0 Å². The first-order valence-corrected chi connectivity index (χ1v) is 10.2. The molecule has 0 fully saturated rings. The van der Waals surface area contributed by atoms with Crippen LogP contribution in [0.3, 0.4) is 0 Å². The van der Waals surface area contributed by atoms with Crippen LogP contribution in [-0.4, -0.2) is 43.1 Å². The van der Waals surface area contributed by atoms with Gasteiger partial charge < -0.3 is 20.5 Å². The number of nitrogens with zero attached hydrogens (tertiary/aromatic N) is 3. The van der Waals surface area contributed by atoms with E-state index in [9.17, 15) is 0 Å². The zero-order valence-corrected chi connectivity index (χ0v) is 20.0. The molecule has 1 aromatic carbocycles. The highest BCUT2D eigenvalue weighted by atomic mass is 127. The standard InChI is InChI=1S/C20H28N6S.HI/c1-5-21-19(23-12-15-13-27-20(25-15)26(3)4)22-11-10-16-14(2)24-18-9-7-6-8-17(16)18;/h6-9,13,24H,5,10-12H2,1-4H3,(H2,21,22,23);1H. The molecule has 0 radical (unpaired) electrons. The summed E-state index contributed by atoms with van der Waals surface area (Å²) in [4.78, 5) is 14.7. The highest BCUT2D eigenvalue weighted by Crippen LogP contribution is 2.22. The third-order valence-electron chi connectivity index (χ3n) is 4.36. The lowest BCUT2D eigenvalue weighted by Crippen LogP contribution is -2.38. The van der Waals surface area contributed by atoms with Gasteiger partial charge in [0.1, 0.15) is 0 Å². The van der Waals surface area contributed by atoms with Gasteiger partial charge in [-0.05, 0) is 31.9 Å². The fourth-order valence-electron chi connectivity index (χ4n) is 3.04. The number of aromatic amines is 1. The molecule has 3 rings (SSSR count). The predicted octanol–water partition coefficient (Wildman–Crippen LogP) is 3.91. The molecule has 152 valence electrons. The van der Waals surface area contributed by atoms with Crippen molar-refractivity contribution < 1.29 is 0 Å². The van der Waals surface area contributed by atoms with Gasteiger partial charge in [0.25, 0.3) is 0 Å². The van der Waals surface area contributed by atoms with Gasteiger partial charge in [-0.2, -0.15) is 0 Å². The molecule has 0 atom stereocenters. The lowest BCUT2D eigenvalue weighted by molar-refractivity contribution is 0.797. The van der Waals surface area contributed by atoms with Gasteiger partial charge >= 0.3 is 0 Å². The van der Waals surface area contributed by atoms with E-state index in [-0.39, 0.29) is 24.0 Å². The number of hydrogen-bond donors (Lipinski definition) is 3. The summed E-state index contributed by atoms with van der Waals surface area (Å²) in [6.07, 6.45) is 0.946. The molecule has 2 aromatic heterocycles. The monoisotopic (exact) mass is 512 g/mol. The van der Waals surface area contributed by atoms with Crippen molar-refractivity contribution in [1.29, 1.82) is 0 Å². The van der Waals surface area contributed by atoms with Crippen LogP contribution in [0.2, 0.25) is 0 Å². The number of aromatic nitrogens is 2. The number of anilines is 1. The Balaban J connectivity index is 0.00000280. The Morgan fingerprint density at radius 3 is 2.75 bits per heavy atom. The lowest BCUT2D eigenvalue weighted by atomic mass is 10.1. The SMILES string of the molecule is CCNC(=NCc1csc(N(C)C)n1)NCCc1c(C)[nH]c2ccccc12.I. The van der Waals surface area contributed by atoms with Crippen LogP contribution in [0.25, 0.3) is 10.9 Å². The number of guanidine groups is 1. The first kappa shape index (κ1) is 22.5. The average Bonchev–Trinajstić information content (AvgIpc) is 3.24. The van der Waals surface area contributed by atoms with Crippen LogP contribution >= 0.6 is 35.3 Å². The fraction of sp³-hybridized carbons (Fsp3) is 0.400. The quantitative estimate of drug-likeness (QED) is 0.255. The van der Waals surface area contributed by atoms with Gasteiger partial charge in [-0.3, -0.25) is 0 Å². The number of hydrogen-bond acceptors (Lipinski definition) is 4. The highest BCUT2D eigenvalue weighted by molar-refractivity contribution is 14.0. The van der Waals surface area contributed by atoms with Crippen LogP contribution < -0.4 is 15.5 Å². The van der Waals surface area contributed by atoms with E-state index >= 15 is 0 Å². The molecule has 3 aromatic rings. The van der Waals surface area contributed by atoms with Crippen LogP contribution in [-0.2, 0) is 13.0 Å². The van der Waals surface area contributed by atoms with Crippen molar-refractivity contribution >= 4 is 57.3 Å². The normalized spacial score (nSPS) is 11.4. The van der Waals surface area contributed by atoms with Gasteiger partial charge in [0, 0.05) is 49.2 Å². The zero-order valence-electron chi connectivity index (χ0n) is 16.9. The van der Waals surface area contributed by atoms with Crippen molar-refractivity contribution in [3.8, 4) is 0 Å². The van der Waals surface area contributed by atoms with Crippen molar-refractivity contribution in [2.45, 2.75) is 26.8 Å². The Morgan fingerprint density at radius 1 is 1.25 bits per heavy atom. The summed E-state index contributed by atoms with van der Waals surface area (Å²) in [6, 6.07) is 8.46. The molecule has 0 aliphatic carbocycles. The van der Waals surface area contributed by atoms with Gasteiger partial charge in [0.05, 0.1) is 12.2 Å². The Kier molecular flexibility index (Phi) is 8.56. The van der Waals surface area contributed by atoms with E-state index in [1.807, 2.05) is 19.0 Å². The number of nitrogens with one attached hydrogen (secondary N) is 3. The molecule has 0 unspecified atom stereocenters. The van der Waals surface area contributed by atoms with Gasteiger partial charge in [-0.15, -0.1) is 35.3 Å². The number of H-pyrrole nitrogens is 1. The van der Waals surface area contributed by atoms with Crippen LogP contribution in [0.1, 0.15) is 23.9 Å². The van der Waals surface area contributed by atoms with Crippen molar-refractivity contribution in [2.24, 2.45) is 4.99 Å². The summed E-state index contributed by atoms with van der Waals surface area (Å²) in [5, 5.41) is 11.1. The summed E-state index contributed by atoms with van der Waals surface area (Å²) in [7, 11) is 4.01. The Hall–Kier alpha value is -1.81. The number of fused-ring (bicyclic) bond motifs is 1. The molecule has 2 heterocycles. The van der Waals surface area contributed by atoms with Crippen LogP contribution in [0.5, 0.6) is 0 Å². The van der Waals surface area contributed by atoms with E-state index in [1.54, 1.807) is 11.3 Å². The molecule has 0 saturated carbocycles. The highest BCUT2D eigenvalue weighted by Gasteiger charge is 2.08. The molecule has 0 aliphatic heterocycles. The summed E-state index contributed by atoms with van der Waals surface area (Å²) >= 11 is 1.64. The average molecular weight is 512 g/mol. The van der Waals surface area contributed by atoms with Gasteiger partial charge in [0.2, 0.25) is 0 Å². The van der Waals surface area contributed by atoms with Crippen molar-refractivity contribution in [3.05, 3.63) is 46.6 Å². The Morgan fingerprint density at radius 2 is 2.04 bits per heavy atom. The third kappa shape index (κ3) is 5.60. The molecular formula is C20H29IN6S. The minimum Gasteiger partial charge on any atom is -0.358 e. The Bertz CT molecular complexity index is 914. The molecule has 6 nitrogen and oxygen atoms in total. The topological polar surface area (TPSA) is 68.3 Å². The second kappa shape index (κ2) is 10.7. The first-order valence-electron chi connectivity index (χ1n) is 9.28. The summed E-state index contributed by atoms with van der Waals surface area (Å²) in [6.45, 7) is 6.45. The van der Waals surface area contributed by atoms with E-state index in [1.165, 1.54) is 22.2 Å². The van der Waals surface area contributed by atoms with Gasteiger partial charge in [0.15, 0.2) is 11.1 Å². The maximum atomic E-state index is 4.67. The van der Waals surface area contributed by atoms with E-state index < -0.39 is 0 Å². The lowest BCUT2D eigenvalue weighted by Gasteiger charge is -2.11. The van der Waals surface area contributed by atoms with E-state index in [4.69, 9.17) is 0 Å². The number of aryl methyl sites for hydroxylation is 1. The second-order valence-corrected chi connectivity index (χ2v) is 7.50. The van der Waals surface area contributed by atoms with Crippen LogP contribution in [0, 0.1) is 6.92 Å².